The van der Waals surface area contributed by atoms with Gasteiger partial charge in [0.05, 0.1) is 4.90 Å². The van der Waals surface area contributed by atoms with Crippen molar-refractivity contribution >= 4 is 27.6 Å². The number of piperazine rings is 1. The Bertz CT molecular complexity index is 885. The van der Waals surface area contributed by atoms with Crippen LogP contribution in [0.4, 0.5) is 0 Å². The smallest absolute Gasteiger partial charge is 0.245 e. The number of nitrogens with one attached hydrogen (secondary N) is 2. The summed E-state index contributed by atoms with van der Waals surface area (Å²) in [6, 6.07) is 6.33. The van der Waals surface area contributed by atoms with Gasteiger partial charge in [-0.2, -0.15) is 0 Å². The lowest BCUT2D eigenvalue weighted by Gasteiger charge is -2.44. The molecule has 2 fully saturated rings. The number of nitrogens with zero attached hydrogens (tertiary/aromatic N) is 1. The topological polar surface area (TPSA) is 113 Å². The first-order valence-electron chi connectivity index (χ1n) is 9.85. The second kappa shape index (κ2) is 8.52. The number of rotatable bonds is 6. The van der Waals surface area contributed by atoms with Crippen LogP contribution in [0.2, 0.25) is 0 Å². The molecule has 0 radical (unpaired) electrons. The Morgan fingerprint density at radius 3 is 2.59 bits per heavy atom. The van der Waals surface area contributed by atoms with E-state index in [0.29, 0.717) is 19.4 Å². The van der Waals surface area contributed by atoms with Crippen LogP contribution < -0.4 is 10.6 Å². The van der Waals surface area contributed by atoms with Crippen LogP contribution in [0.1, 0.15) is 33.1 Å². The van der Waals surface area contributed by atoms with Crippen LogP contribution in [0.3, 0.4) is 0 Å². The summed E-state index contributed by atoms with van der Waals surface area (Å²) in [6.07, 6.45) is 1.36. The van der Waals surface area contributed by atoms with Gasteiger partial charge in [0.25, 0.3) is 0 Å². The molecular formula is C20H27N3O5S. The largest absolute Gasteiger partial charge is 0.352 e. The quantitative estimate of drug-likeness (QED) is 0.694. The molecule has 0 aliphatic carbocycles. The molecule has 0 unspecified atom stereocenters. The van der Waals surface area contributed by atoms with Gasteiger partial charge in [-0.1, -0.05) is 32.0 Å². The fourth-order valence-corrected chi connectivity index (χ4v) is 5.09. The number of fused-ring (bicyclic) bond motifs is 1. The second-order valence-electron chi connectivity index (χ2n) is 8.10. The van der Waals surface area contributed by atoms with Crippen LogP contribution in [0.25, 0.3) is 0 Å². The van der Waals surface area contributed by atoms with Crippen molar-refractivity contribution in [2.75, 3.05) is 12.3 Å². The zero-order chi connectivity index (χ0) is 21.2. The highest BCUT2D eigenvalue weighted by Gasteiger charge is 2.44. The van der Waals surface area contributed by atoms with Crippen LogP contribution in [-0.4, -0.2) is 61.5 Å². The van der Waals surface area contributed by atoms with Crippen LogP contribution >= 0.6 is 0 Å². The van der Waals surface area contributed by atoms with Gasteiger partial charge in [-0.15, -0.1) is 0 Å². The number of hydrogen-bond donors (Lipinski definition) is 2. The van der Waals surface area contributed by atoms with E-state index in [2.05, 4.69) is 10.6 Å². The Hall–Kier alpha value is -2.42. The van der Waals surface area contributed by atoms with Crippen LogP contribution in [-0.2, 0) is 24.2 Å². The minimum atomic E-state index is -3.73. The average molecular weight is 422 g/mol. The van der Waals surface area contributed by atoms with E-state index in [-0.39, 0.29) is 35.1 Å². The summed E-state index contributed by atoms with van der Waals surface area (Å²) in [6.45, 7) is 4.36. The van der Waals surface area contributed by atoms with Gasteiger partial charge in [0.15, 0.2) is 9.84 Å². The van der Waals surface area contributed by atoms with Gasteiger partial charge in [0, 0.05) is 12.6 Å². The minimum absolute atomic E-state index is 0.0836. The molecule has 0 bridgehead atoms. The molecule has 0 spiro atoms. The molecule has 8 nitrogen and oxygen atoms in total. The van der Waals surface area contributed by atoms with Crippen molar-refractivity contribution in [3.63, 3.8) is 0 Å². The predicted octanol–water partition coefficient (Wildman–Crippen LogP) is 0.481. The van der Waals surface area contributed by atoms with E-state index in [9.17, 15) is 22.8 Å². The van der Waals surface area contributed by atoms with Gasteiger partial charge in [-0.05, 0) is 37.3 Å². The second-order valence-corrected chi connectivity index (χ2v) is 10.1. The lowest BCUT2D eigenvalue weighted by atomic mass is 9.91. The first-order valence-corrected chi connectivity index (χ1v) is 11.5. The molecule has 1 aromatic rings. The Balaban J connectivity index is 1.59. The maximum absolute atomic E-state index is 12.7. The fraction of sp³-hybridized carbons (Fsp3) is 0.550. The third-order valence-electron chi connectivity index (χ3n) is 5.30. The fourth-order valence-electron chi connectivity index (χ4n) is 3.92. The molecule has 9 heteroatoms. The highest BCUT2D eigenvalue weighted by molar-refractivity contribution is 7.92. The van der Waals surface area contributed by atoms with Gasteiger partial charge in [-0.3, -0.25) is 14.4 Å². The van der Waals surface area contributed by atoms with Gasteiger partial charge in [-0.25, -0.2) is 8.42 Å². The molecule has 2 N–H and O–H groups in total. The molecule has 2 aliphatic heterocycles. The van der Waals surface area contributed by atoms with E-state index < -0.39 is 33.6 Å². The molecule has 3 rings (SSSR count). The summed E-state index contributed by atoms with van der Waals surface area (Å²) in [5.41, 5.74) is 0. The maximum atomic E-state index is 12.7. The number of sulfone groups is 1. The van der Waals surface area contributed by atoms with E-state index in [1.165, 1.54) is 12.1 Å². The van der Waals surface area contributed by atoms with Crippen molar-refractivity contribution in [3.8, 4) is 0 Å². The van der Waals surface area contributed by atoms with Crippen LogP contribution in [0.5, 0.6) is 0 Å². The van der Waals surface area contributed by atoms with E-state index in [1.54, 1.807) is 23.1 Å². The molecule has 3 amide bonds. The Labute approximate surface area is 170 Å². The van der Waals surface area contributed by atoms with Crippen molar-refractivity contribution in [3.05, 3.63) is 30.3 Å². The third kappa shape index (κ3) is 4.95. The Kier molecular flexibility index (Phi) is 6.26. The lowest BCUT2D eigenvalue weighted by Crippen LogP contribution is -2.67. The van der Waals surface area contributed by atoms with Gasteiger partial charge >= 0.3 is 0 Å². The normalized spacial score (nSPS) is 24.8. The molecule has 2 saturated heterocycles. The summed E-state index contributed by atoms with van der Waals surface area (Å²) in [5, 5.41) is 5.51. The summed E-state index contributed by atoms with van der Waals surface area (Å²) in [5.74, 6) is -1.27. The monoisotopic (exact) mass is 421 g/mol. The number of hydrogen-bond acceptors (Lipinski definition) is 5. The predicted molar refractivity (Wildman–Crippen MR) is 107 cm³/mol. The van der Waals surface area contributed by atoms with Crippen LogP contribution in [0.15, 0.2) is 35.2 Å². The third-order valence-corrected chi connectivity index (χ3v) is 6.93. The zero-order valence-corrected chi connectivity index (χ0v) is 17.4. The summed E-state index contributed by atoms with van der Waals surface area (Å²) in [7, 11) is -3.73. The number of piperidine rings is 1. The maximum Gasteiger partial charge on any atom is 0.245 e. The Morgan fingerprint density at radius 1 is 1.24 bits per heavy atom. The molecule has 2 heterocycles. The lowest BCUT2D eigenvalue weighted by molar-refractivity contribution is -0.152. The van der Waals surface area contributed by atoms with Crippen molar-refractivity contribution in [2.24, 2.45) is 5.92 Å². The molecule has 158 valence electrons. The summed E-state index contributed by atoms with van der Waals surface area (Å²) < 4.78 is 24.7. The zero-order valence-electron chi connectivity index (χ0n) is 16.6. The molecule has 3 atom stereocenters. The highest BCUT2D eigenvalue weighted by atomic mass is 32.2. The number of carbonyl (C=O) groups is 3. The van der Waals surface area contributed by atoms with E-state index in [1.807, 2.05) is 13.8 Å². The van der Waals surface area contributed by atoms with E-state index >= 15 is 0 Å². The van der Waals surface area contributed by atoms with E-state index in [0.717, 1.165) is 0 Å². The van der Waals surface area contributed by atoms with Crippen molar-refractivity contribution in [1.82, 2.24) is 15.5 Å². The molecule has 2 aliphatic rings. The summed E-state index contributed by atoms with van der Waals surface area (Å²) in [4.78, 5) is 39.2. The average Bonchev–Trinajstić information content (AvgIpc) is 2.66. The van der Waals surface area contributed by atoms with Crippen molar-refractivity contribution in [1.29, 1.82) is 0 Å². The standard InChI is InChI=1S/C20H27N3O5S/c1-13(2)10-16-20(26)23-9-8-14(11-17(23)19(25)22-16)21-18(24)12-29(27,28)15-6-4-3-5-7-15/h3-7,13-14,16-17H,8-12H2,1-2H3,(H,21,24)(H,22,25)/t14-,16-,17-/m0/s1. The van der Waals surface area contributed by atoms with Crippen molar-refractivity contribution < 1.29 is 22.8 Å². The number of benzene rings is 1. The molecule has 0 aromatic heterocycles. The van der Waals surface area contributed by atoms with Crippen LogP contribution in [0, 0.1) is 5.92 Å². The SMILES string of the molecule is CC(C)C[C@@H]1NC(=O)[C@@H]2C[C@@H](NC(=O)CS(=O)(=O)c3ccccc3)CCN2C1=O. The first-order chi connectivity index (χ1) is 13.7. The first kappa shape index (κ1) is 21.3. The van der Waals surface area contributed by atoms with E-state index in [4.69, 9.17) is 0 Å². The number of carbonyl (C=O) groups excluding carboxylic acids is 3. The summed E-state index contributed by atoms with van der Waals surface area (Å²) >= 11 is 0. The Morgan fingerprint density at radius 2 is 1.93 bits per heavy atom. The van der Waals surface area contributed by atoms with Gasteiger partial charge in [0.1, 0.15) is 17.8 Å². The molecule has 29 heavy (non-hydrogen) atoms. The number of amides is 3. The van der Waals surface area contributed by atoms with Gasteiger partial charge < -0.3 is 15.5 Å². The van der Waals surface area contributed by atoms with Crippen molar-refractivity contribution in [2.45, 2.75) is 56.1 Å². The highest BCUT2D eigenvalue weighted by Crippen LogP contribution is 2.24. The van der Waals surface area contributed by atoms with Gasteiger partial charge in [0.2, 0.25) is 17.7 Å². The molecule has 0 saturated carbocycles. The minimum Gasteiger partial charge on any atom is -0.352 e. The molecule has 1 aromatic carbocycles. The molecular weight excluding hydrogens is 394 g/mol.